The van der Waals surface area contributed by atoms with Gasteiger partial charge in [-0.1, -0.05) is 18.2 Å². The van der Waals surface area contributed by atoms with Gasteiger partial charge in [-0.2, -0.15) is 0 Å². The number of aryl methyl sites for hydroxylation is 2. The Morgan fingerprint density at radius 2 is 1.45 bits per heavy atom. The molecule has 3 amide bonds. The Morgan fingerprint density at radius 3 is 2.06 bits per heavy atom. The normalized spacial score (nSPS) is 13.5. The van der Waals surface area contributed by atoms with Gasteiger partial charge in [-0.15, -0.1) is 0 Å². The Labute approximate surface area is 190 Å². The first kappa shape index (κ1) is 22.0. The van der Waals surface area contributed by atoms with Crippen LogP contribution in [0.4, 0.5) is 21.5 Å². The van der Waals surface area contributed by atoms with E-state index in [1.807, 2.05) is 32.0 Å². The lowest BCUT2D eigenvalue weighted by Crippen LogP contribution is -2.32. The van der Waals surface area contributed by atoms with Crippen LogP contribution in [0, 0.1) is 19.7 Å². The standard InChI is InChI=1S/C26H22FN3O3/c1-15-4-9-21(14-16(15)2)29-24-23(18-5-10-20(11-6-18)28-17(3)31)25(32)30(26(24)33)22-12-7-19(27)8-13-22/h4-14,29H,1-3H3,(H,28,31). The summed E-state index contributed by atoms with van der Waals surface area (Å²) in [6.07, 6.45) is 0. The Balaban J connectivity index is 1.79. The van der Waals surface area contributed by atoms with E-state index in [-0.39, 0.29) is 22.9 Å². The summed E-state index contributed by atoms with van der Waals surface area (Å²) in [5, 5.41) is 5.80. The van der Waals surface area contributed by atoms with Gasteiger partial charge in [0.1, 0.15) is 11.5 Å². The highest BCUT2D eigenvalue weighted by Crippen LogP contribution is 2.34. The zero-order valence-electron chi connectivity index (χ0n) is 18.4. The van der Waals surface area contributed by atoms with E-state index < -0.39 is 17.6 Å². The molecule has 1 aliphatic rings. The van der Waals surface area contributed by atoms with E-state index in [1.54, 1.807) is 24.3 Å². The predicted molar refractivity (Wildman–Crippen MR) is 126 cm³/mol. The van der Waals surface area contributed by atoms with Crippen LogP contribution in [0.1, 0.15) is 23.6 Å². The molecule has 0 atom stereocenters. The van der Waals surface area contributed by atoms with Crippen LogP contribution in [-0.2, 0) is 14.4 Å². The first-order chi connectivity index (χ1) is 15.7. The van der Waals surface area contributed by atoms with Gasteiger partial charge in [-0.3, -0.25) is 14.4 Å². The Bertz CT molecular complexity index is 1300. The van der Waals surface area contributed by atoms with Crippen molar-refractivity contribution in [3.63, 3.8) is 0 Å². The molecule has 0 saturated carbocycles. The summed E-state index contributed by atoms with van der Waals surface area (Å²) in [5.41, 5.74) is 4.48. The first-order valence-corrected chi connectivity index (χ1v) is 10.4. The molecule has 0 radical (unpaired) electrons. The fraction of sp³-hybridized carbons (Fsp3) is 0.115. The molecule has 0 fully saturated rings. The molecule has 166 valence electrons. The van der Waals surface area contributed by atoms with E-state index in [4.69, 9.17) is 0 Å². The molecule has 0 saturated heterocycles. The van der Waals surface area contributed by atoms with Gasteiger partial charge >= 0.3 is 0 Å². The number of hydrogen-bond acceptors (Lipinski definition) is 4. The fourth-order valence-electron chi connectivity index (χ4n) is 3.63. The van der Waals surface area contributed by atoms with E-state index in [0.29, 0.717) is 16.9 Å². The Morgan fingerprint density at radius 1 is 0.818 bits per heavy atom. The number of nitrogens with one attached hydrogen (secondary N) is 2. The number of imide groups is 1. The van der Waals surface area contributed by atoms with E-state index >= 15 is 0 Å². The van der Waals surface area contributed by atoms with Crippen LogP contribution in [-0.4, -0.2) is 17.7 Å². The third-order valence-electron chi connectivity index (χ3n) is 5.44. The first-order valence-electron chi connectivity index (χ1n) is 10.4. The van der Waals surface area contributed by atoms with Crippen LogP contribution in [0.2, 0.25) is 0 Å². The minimum Gasteiger partial charge on any atom is -0.350 e. The summed E-state index contributed by atoms with van der Waals surface area (Å²) in [6, 6.07) is 17.5. The van der Waals surface area contributed by atoms with Crippen molar-refractivity contribution in [3.8, 4) is 0 Å². The molecule has 3 aromatic carbocycles. The lowest BCUT2D eigenvalue weighted by molar-refractivity contribution is -0.120. The van der Waals surface area contributed by atoms with Gasteiger partial charge in [0.05, 0.1) is 11.3 Å². The molecule has 0 bridgehead atoms. The molecule has 0 spiro atoms. The van der Waals surface area contributed by atoms with Gasteiger partial charge in [0.15, 0.2) is 0 Å². The number of carbonyl (C=O) groups excluding carboxylic acids is 3. The molecule has 7 heteroatoms. The van der Waals surface area contributed by atoms with Crippen molar-refractivity contribution in [2.75, 3.05) is 15.5 Å². The van der Waals surface area contributed by atoms with E-state index in [2.05, 4.69) is 10.6 Å². The summed E-state index contributed by atoms with van der Waals surface area (Å²) >= 11 is 0. The molecule has 0 unspecified atom stereocenters. The molecule has 1 heterocycles. The molecule has 6 nitrogen and oxygen atoms in total. The maximum atomic E-state index is 13.4. The zero-order valence-corrected chi connectivity index (χ0v) is 18.4. The number of carbonyl (C=O) groups is 3. The second kappa shape index (κ2) is 8.70. The maximum Gasteiger partial charge on any atom is 0.282 e. The highest BCUT2D eigenvalue weighted by Gasteiger charge is 2.40. The largest absolute Gasteiger partial charge is 0.350 e. The van der Waals surface area contributed by atoms with Crippen LogP contribution in [0.5, 0.6) is 0 Å². The highest BCUT2D eigenvalue weighted by molar-refractivity contribution is 6.46. The number of hydrogen-bond donors (Lipinski definition) is 2. The van der Waals surface area contributed by atoms with Crippen molar-refractivity contribution < 1.29 is 18.8 Å². The van der Waals surface area contributed by atoms with Gasteiger partial charge in [-0.05, 0) is 79.1 Å². The van der Waals surface area contributed by atoms with Gasteiger partial charge in [-0.25, -0.2) is 9.29 Å². The SMILES string of the molecule is CC(=O)Nc1ccc(C2=C(Nc3ccc(C)c(C)c3)C(=O)N(c3ccc(F)cc3)C2=O)cc1. The van der Waals surface area contributed by atoms with Crippen LogP contribution >= 0.6 is 0 Å². The third kappa shape index (κ3) is 4.39. The number of rotatable bonds is 5. The van der Waals surface area contributed by atoms with Crippen molar-refractivity contribution in [1.82, 2.24) is 0 Å². The molecule has 33 heavy (non-hydrogen) atoms. The number of anilines is 3. The van der Waals surface area contributed by atoms with E-state index in [0.717, 1.165) is 16.0 Å². The zero-order chi connectivity index (χ0) is 23.7. The Hall–Kier alpha value is -4.26. The fourth-order valence-corrected chi connectivity index (χ4v) is 3.63. The van der Waals surface area contributed by atoms with Crippen LogP contribution in [0.3, 0.4) is 0 Å². The summed E-state index contributed by atoms with van der Waals surface area (Å²) < 4.78 is 13.4. The summed E-state index contributed by atoms with van der Waals surface area (Å²) in [6.45, 7) is 5.35. The number of benzene rings is 3. The average Bonchev–Trinajstić information content (AvgIpc) is 3.01. The minimum absolute atomic E-state index is 0.125. The molecule has 1 aliphatic heterocycles. The summed E-state index contributed by atoms with van der Waals surface area (Å²) in [7, 11) is 0. The van der Waals surface area contributed by atoms with Crippen molar-refractivity contribution >= 4 is 40.4 Å². The summed E-state index contributed by atoms with van der Waals surface area (Å²) in [4.78, 5) is 39.2. The molecule has 3 aromatic rings. The van der Waals surface area contributed by atoms with Gasteiger partial charge < -0.3 is 10.6 Å². The van der Waals surface area contributed by atoms with Gasteiger partial charge in [0, 0.05) is 18.3 Å². The average molecular weight is 443 g/mol. The molecular formula is C26H22FN3O3. The molecule has 4 rings (SSSR count). The predicted octanol–water partition coefficient (Wildman–Crippen LogP) is 4.80. The van der Waals surface area contributed by atoms with Crippen LogP contribution in [0.15, 0.2) is 72.4 Å². The van der Waals surface area contributed by atoms with Crippen LogP contribution in [0.25, 0.3) is 5.57 Å². The maximum absolute atomic E-state index is 13.4. The van der Waals surface area contributed by atoms with E-state index in [1.165, 1.54) is 31.2 Å². The number of amides is 3. The second-order valence-corrected chi connectivity index (χ2v) is 7.85. The smallest absolute Gasteiger partial charge is 0.282 e. The van der Waals surface area contributed by atoms with E-state index in [9.17, 15) is 18.8 Å². The number of halogens is 1. The van der Waals surface area contributed by atoms with Crippen molar-refractivity contribution in [2.45, 2.75) is 20.8 Å². The van der Waals surface area contributed by atoms with Crippen LogP contribution < -0.4 is 15.5 Å². The lowest BCUT2D eigenvalue weighted by Gasteiger charge is -2.15. The highest BCUT2D eigenvalue weighted by atomic mass is 19.1. The second-order valence-electron chi connectivity index (χ2n) is 7.85. The minimum atomic E-state index is -0.536. The Kier molecular flexibility index (Phi) is 5.79. The van der Waals surface area contributed by atoms with Crippen molar-refractivity contribution in [1.29, 1.82) is 0 Å². The summed E-state index contributed by atoms with van der Waals surface area (Å²) in [5.74, 6) is -1.74. The van der Waals surface area contributed by atoms with Gasteiger partial charge in [0.2, 0.25) is 5.91 Å². The number of nitrogens with zero attached hydrogens (tertiary/aromatic N) is 1. The van der Waals surface area contributed by atoms with Crippen molar-refractivity contribution in [2.24, 2.45) is 0 Å². The lowest BCUT2D eigenvalue weighted by atomic mass is 10.0. The quantitative estimate of drug-likeness (QED) is 0.556. The van der Waals surface area contributed by atoms with Crippen molar-refractivity contribution in [3.05, 3.63) is 94.9 Å². The molecule has 0 aromatic heterocycles. The molecule has 2 N–H and O–H groups in total. The molecular weight excluding hydrogens is 421 g/mol. The van der Waals surface area contributed by atoms with Gasteiger partial charge in [0.25, 0.3) is 11.8 Å². The topological polar surface area (TPSA) is 78.5 Å². The third-order valence-corrected chi connectivity index (χ3v) is 5.44. The molecule has 0 aliphatic carbocycles. The monoisotopic (exact) mass is 443 g/mol.